The maximum atomic E-state index is 11.8. The van der Waals surface area contributed by atoms with Gasteiger partial charge in [-0.1, -0.05) is 12.1 Å². The van der Waals surface area contributed by atoms with Crippen molar-refractivity contribution >= 4 is 28.5 Å². The fourth-order valence-corrected chi connectivity index (χ4v) is 2.53. The van der Waals surface area contributed by atoms with E-state index in [4.69, 9.17) is 9.47 Å². The highest BCUT2D eigenvalue weighted by molar-refractivity contribution is 14.1. The molecule has 5 heteroatoms. The predicted molar refractivity (Wildman–Crippen MR) is 104 cm³/mol. The van der Waals surface area contributed by atoms with Gasteiger partial charge in [-0.3, -0.25) is 4.79 Å². The lowest BCUT2D eigenvalue weighted by atomic mass is 10.1. The van der Waals surface area contributed by atoms with E-state index in [1.807, 2.05) is 43.3 Å². The van der Waals surface area contributed by atoms with E-state index in [0.29, 0.717) is 18.9 Å². The van der Waals surface area contributed by atoms with Crippen LogP contribution in [0.2, 0.25) is 0 Å². The second-order valence-electron chi connectivity index (χ2n) is 5.27. The van der Waals surface area contributed by atoms with Crippen molar-refractivity contribution in [2.24, 2.45) is 0 Å². The largest absolute Gasteiger partial charge is 0.494 e. The molecule has 128 valence electrons. The zero-order chi connectivity index (χ0) is 17.2. The summed E-state index contributed by atoms with van der Waals surface area (Å²) in [5, 5.41) is 2.88. The van der Waals surface area contributed by atoms with Crippen LogP contribution in [-0.2, 0) is 11.2 Å². The summed E-state index contributed by atoms with van der Waals surface area (Å²) in [4.78, 5) is 11.8. The summed E-state index contributed by atoms with van der Waals surface area (Å²) < 4.78 is 12.0. The van der Waals surface area contributed by atoms with E-state index in [1.54, 1.807) is 0 Å². The molecule has 2 rings (SSSR count). The average molecular weight is 439 g/mol. The molecule has 0 atom stereocenters. The molecule has 0 aromatic heterocycles. The Morgan fingerprint density at radius 3 is 2.29 bits per heavy atom. The number of halogens is 1. The van der Waals surface area contributed by atoms with Crippen molar-refractivity contribution in [2.45, 2.75) is 19.8 Å². The van der Waals surface area contributed by atoms with Gasteiger partial charge in [0.1, 0.15) is 11.5 Å². The molecule has 2 aromatic carbocycles. The van der Waals surface area contributed by atoms with E-state index < -0.39 is 0 Å². The normalized spacial score (nSPS) is 10.2. The first kappa shape index (κ1) is 18.6. The van der Waals surface area contributed by atoms with Crippen molar-refractivity contribution in [1.82, 2.24) is 5.32 Å². The molecule has 0 unspecified atom stereocenters. The topological polar surface area (TPSA) is 47.6 Å². The van der Waals surface area contributed by atoms with Crippen molar-refractivity contribution in [3.8, 4) is 11.5 Å². The van der Waals surface area contributed by atoms with E-state index in [9.17, 15) is 4.79 Å². The third kappa shape index (κ3) is 6.78. The van der Waals surface area contributed by atoms with Crippen LogP contribution in [0.3, 0.4) is 0 Å². The Morgan fingerprint density at radius 1 is 1.00 bits per heavy atom. The molecule has 1 amide bonds. The maximum absolute atomic E-state index is 11.8. The quantitative estimate of drug-likeness (QED) is 0.478. The van der Waals surface area contributed by atoms with Crippen molar-refractivity contribution in [3.05, 3.63) is 57.7 Å². The van der Waals surface area contributed by atoms with Gasteiger partial charge in [0.05, 0.1) is 6.61 Å². The molecule has 0 spiro atoms. The Bertz CT molecular complexity index is 626. The Hall–Kier alpha value is -1.76. The van der Waals surface area contributed by atoms with E-state index in [0.717, 1.165) is 22.2 Å². The van der Waals surface area contributed by atoms with Crippen LogP contribution < -0.4 is 14.8 Å². The minimum Gasteiger partial charge on any atom is -0.494 e. The molecule has 0 radical (unpaired) electrons. The van der Waals surface area contributed by atoms with Gasteiger partial charge in [0.25, 0.3) is 5.91 Å². The predicted octanol–water partition coefficient (Wildman–Crippen LogP) is 3.82. The van der Waals surface area contributed by atoms with Gasteiger partial charge >= 0.3 is 0 Å². The molecule has 0 saturated heterocycles. The number of benzene rings is 2. The van der Waals surface area contributed by atoms with Crippen LogP contribution in [0.5, 0.6) is 11.5 Å². The Labute approximate surface area is 156 Å². The Morgan fingerprint density at radius 2 is 1.62 bits per heavy atom. The van der Waals surface area contributed by atoms with Crippen LogP contribution in [0.4, 0.5) is 0 Å². The molecule has 1 N–H and O–H groups in total. The summed E-state index contributed by atoms with van der Waals surface area (Å²) in [5.74, 6) is 1.50. The molecule has 24 heavy (non-hydrogen) atoms. The smallest absolute Gasteiger partial charge is 0.257 e. The van der Waals surface area contributed by atoms with Crippen LogP contribution in [0, 0.1) is 3.57 Å². The summed E-state index contributed by atoms with van der Waals surface area (Å²) in [7, 11) is 0. The minimum absolute atomic E-state index is 0.0453. The Kier molecular flexibility index (Phi) is 7.88. The first-order valence-electron chi connectivity index (χ1n) is 8.04. The van der Waals surface area contributed by atoms with Crippen LogP contribution in [0.15, 0.2) is 48.5 Å². The lowest BCUT2D eigenvalue weighted by molar-refractivity contribution is -0.123. The molecule has 0 heterocycles. The number of amides is 1. The zero-order valence-electron chi connectivity index (χ0n) is 13.8. The molecule has 0 fully saturated rings. The highest BCUT2D eigenvalue weighted by Gasteiger charge is 2.02. The average Bonchev–Trinajstić information content (AvgIpc) is 2.60. The van der Waals surface area contributed by atoms with E-state index in [-0.39, 0.29) is 12.5 Å². The number of aryl methyl sites for hydroxylation is 1. The molecule has 0 aliphatic carbocycles. The van der Waals surface area contributed by atoms with E-state index >= 15 is 0 Å². The molecule has 0 bridgehead atoms. The second-order valence-corrected chi connectivity index (χ2v) is 6.52. The number of ether oxygens (including phenoxy) is 2. The van der Waals surface area contributed by atoms with Gasteiger partial charge in [-0.2, -0.15) is 0 Å². The maximum Gasteiger partial charge on any atom is 0.257 e. The lowest BCUT2D eigenvalue weighted by Gasteiger charge is -2.08. The molecule has 0 saturated carbocycles. The molecule has 0 aliphatic rings. The van der Waals surface area contributed by atoms with Crippen LogP contribution in [-0.4, -0.2) is 25.7 Å². The minimum atomic E-state index is -0.0970. The number of nitrogens with one attached hydrogen (secondary N) is 1. The lowest BCUT2D eigenvalue weighted by Crippen LogP contribution is -2.29. The van der Waals surface area contributed by atoms with E-state index in [1.165, 1.54) is 5.56 Å². The van der Waals surface area contributed by atoms with Gasteiger partial charge in [0.15, 0.2) is 6.61 Å². The number of hydrogen-bond acceptors (Lipinski definition) is 3. The molecule has 0 aliphatic heterocycles. The monoisotopic (exact) mass is 439 g/mol. The van der Waals surface area contributed by atoms with Gasteiger partial charge in [0.2, 0.25) is 0 Å². The molecular weight excluding hydrogens is 417 g/mol. The molecular formula is C19H22INO3. The highest BCUT2D eigenvalue weighted by atomic mass is 127. The number of hydrogen-bond donors (Lipinski definition) is 1. The first-order chi connectivity index (χ1) is 11.7. The Balaban J connectivity index is 1.61. The SMILES string of the molecule is CCOc1ccc(CCCNC(=O)COc2ccc(I)cc2)cc1. The first-order valence-corrected chi connectivity index (χ1v) is 9.12. The number of carbonyl (C=O) groups excluding carboxylic acids is 1. The fraction of sp³-hybridized carbons (Fsp3) is 0.316. The summed E-state index contributed by atoms with van der Waals surface area (Å²) in [6.07, 6.45) is 1.81. The fourth-order valence-electron chi connectivity index (χ4n) is 2.17. The summed E-state index contributed by atoms with van der Waals surface area (Å²) in [6.45, 7) is 3.33. The molecule has 4 nitrogen and oxygen atoms in total. The van der Waals surface area contributed by atoms with Gasteiger partial charge in [0, 0.05) is 10.1 Å². The van der Waals surface area contributed by atoms with Crippen LogP contribution >= 0.6 is 22.6 Å². The van der Waals surface area contributed by atoms with E-state index in [2.05, 4.69) is 40.0 Å². The highest BCUT2D eigenvalue weighted by Crippen LogP contribution is 2.14. The van der Waals surface area contributed by atoms with Crippen LogP contribution in [0.1, 0.15) is 18.9 Å². The van der Waals surface area contributed by atoms with Gasteiger partial charge in [-0.05, 0) is 84.3 Å². The van der Waals surface area contributed by atoms with Gasteiger partial charge < -0.3 is 14.8 Å². The van der Waals surface area contributed by atoms with Crippen molar-refractivity contribution < 1.29 is 14.3 Å². The van der Waals surface area contributed by atoms with Crippen LogP contribution in [0.25, 0.3) is 0 Å². The van der Waals surface area contributed by atoms with Gasteiger partial charge in [-0.15, -0.1) is 0 Å². The van der Waals surface area contributed by atoms with Crippen molar-refractivity contribution in [1.29, 1.82) is 0 Å². The second kappa shape index (κ2) is 10.2. The molecule has 2 aromatic rings. The van der Waals surface area contributed by atoms with Crippen molar-refractivity contribution in [3.63, 3.8) is 0 Å². The summed E-state index contributed by atoms with van der Waals surface area (Å²) >= 11 is 2.23. The number of rotatable bonds is 9. The van der Waals surface area contributed by atoms with Crippen molar-refractivity contribution in [2.75, 3.05) is 19.8 Å². The third-order valence-electron chi connectivity index (χ3n) is 3.38. The van der Waals surface area contributed by atoms with Gasteiger partial charge in [-0.25, -0.2) is 0 Å². The third-order valence-corrected chi connectivity index (χ3v) is 4.10. The summed E-state index contributed by atoms with van der Waals surface area (Å²) in [6, 6.07) is 15.7. The summed E-state index contributed by atoms with van der Waals surface area (Å²) in [5.41, 5.74) is 1.24. The zero-order valence-corrected chi connectivity index (χ0v) is 15.9. The standard InChI is InChI=1S/C19H22INO3/c1-2-23-17-9-5-15(6-10-17)4-3-13-21-19(22)14-24-18-11-7-16(20)8-12-18/h5-12H,2-4,13-14H2,1H3,(H,21,22). The number of carbonyl (C=O) groups is 1.